The highest BCUT2D eigenvalue weighted by molar-refractivity contribution is 6.08. The number of ketones is 1. The second-order valence-electron chi connectivity index (χ2n) is 5.41. The first-order valence-electron chi connectivity index (χ1n) is 7.08. The highest BCUT2D eigenvalue weighted by Crippen LogP contribution is 2.51. The summed E-state index contributed by atoms with van der Waals surface area (Å²) in [6.07, 6.45) is 9.97. The molecule has 0 saturated heterocycles. The number of hydrogen-bond donors (Lipinski definition) is 1. The molecule has 3 rings (SSSR count). The number of aliphatic hydroxyl groups is 1. The zero-order valence-corrected chi connectivity index (χ0v) is 12.0. The van der Waals surface area contributed by atoms with Crippen molar-refractivity contribution in [2.45, 2.75) is 6.42 Å². The van der Waals surface area contributed by atoms with Crippen LogP contribution < -0.4 is 4.74 Å². The summed E-state index contributed by atoms with van der Waals surface area (Å²) in [5.41, 5.74) is 1.26. The lowest BCUT2D eigenvalue weighted by Gasteiger charge is -2.34. The van der Waals surface area contributed by atoms with Crippen molar-refractivity contribution in [3.05, 3.63) is 60.2 Å². The molecular weight excluding hydrogens is 264 g/mol. The molecule has 0 aliphatic heterocycles. The summed E-state index contributed by atoms with van der Waals surface area (Å²) >= 11 is 0. The van der Waals surface area contributed by atoms with Crippen molar-refractivity contribution >= 4 is 11.4 Å². The minimum absolute atomic E-state index is 0.0000741. The van der Waals surface area contributed by atoms with Crippen LogP contribution in [-0.4, -0.2) is 24.6 Å². The van der Waals surface area contributed by atoms with Gasteiger partial charge in [-0.2, -0.15) is 0 Å². The fourth-order valence-corrected chi connectivity index (χ4v) is 3.31. The Hall–Kier alpha value is -2.13. The lowest BCUT2D eigenvalue weighted by atomic mass is 9.67. The molecule has 0 aromatic heterocycles. The van der Waals surface area contributed by atoms with Crippen molar-refractivity contribution in [1.29, 1.82) is 0 Å². The van der Waals surface area contributed by atoms with E-state index >= 15 is 0 Å². The quantitative estimate of drug-likeness (QED) is 0.927. The van der Waals surface area contributed by atoms with Gasteiger partial charge in [0, 0.05) is 12.5 Å². The smallest absolute Gasteiger partial charge is 0.170 e. The first-order valence-corrected chi connectivity index (χ1v) is 7.08. The second-order valence-corrected chi connectivity index (χ2v) is 5.41. The summed E-state index contributed by atoms with van der Waals surface area (Å²) in [5, 5.41) is 9.68. The fourth-order valence-electron chi connectivity index (χ4n) is 3.31. The molecule has 0 radical (unpaired) electrons. The molecule has 1 aromatic carbocycles. The van der Waals surface area contributed by atoms with Crippen molar-refractivity contribution < 1.29 is 14.6 Å². The number of methoxy groups -OCH3 is 1. The first-order chi connectivity index (χ1) is 10.2. The average Bonchev–Trinajstić information content (AvgIpc) is 2.89. The molecule has 2 aliphatic rings. The van der Waals surface area contributed by atoms with Gasteiger partial charge in [-0.3, -0.25) is 4.79 Å². The van der Waals surface area contributed by atoms with Crippen LogP contribution in [0.15, 0.2) is 54.6 Å². The maximum absolute atomic E-state index is 12.6. The van der Waals surface area contributed by atoms with Crippen LogP contribution in [0.5, 0.6) is 5.75 Å². The molecule has 0 unspecified atom stereocenters. The fraction of sp³-hybridized carbons (Fsp3) is 0.278. The highest BCUT2D eigenvalue weighted by Gasteiger charge is 2.48. The van der Waals surface area contributed by atoms with Gasteiger partial charge in [-0.25, -0.2) is 0 Å². The summed E-state index contributed by atoms with van der Waals surface area (Å²) < 4.78 is 5.18. The highest BCUT2D eigenvalue weighted by atomic mass is 16.5. The Bertz CT molecular complexity index is 637. The molecule has 3 nitrogen and oxygen atoms in total. The number of allylic oxidation sites excluding steroid dienone is 6. The van der Waals surface area contributed by atoms with E-state index in [1.54, 1.807) is 19.3 Å². The first kappa shape index (κ1) is 13.8. The second kappa shape index (κ2) is 5.34. The van der Waals surface area contributed by atoms with Gasteiger partial charge in [0.15, 0.2) is 5.78 Å². The zero-order chi connectivity index (χ0) is 14.9. The Labute approximate surface area is 124 Å². The normalized spacial score (nSPS) is 27.2. The van der Waals surface area contributed by atoms with Crippen molar-refractivity contribution in [3.63, 3.8) is 0 Å². The minimum atomic E-state index is -0.724. The molecule has 2 aliphatic carbocycles. The van der Waals surface area contributed by atoms with Crippen LogP contribution in [0.4, 0.5) is 0 Å². The van der Waals surface area contributed by atoms with Crippen molar-refractivity contribution in [2.24, 2.45) is 11.3 Å². The maximum atomic E-state index is 12.6. The third-order valence-electron chi connectivity index (χ3n) is 4.44. The van der Waals surface area contributed by atoms with E-state index in [1.165, 1.54) is 0 Å². The Morgan fingerprint density at radius 2 is 2.05 bits per heavy atom. The molecule has 0 heterocycles. The van der Waals surface area contributed by atoms with Crippen LogP contribution >= 0.6 is 0 Å². The molecule has 3 heteroatoms. The molecule has 21 heavy (non-hydrogen) atoms. The van der Waals surface area contributed by atoms with E-state index in [4.69, 9.17) is 4.74 Å². The summed E-state index contributed by atoms with van der Waals surface area (Å²) in [4.78, 5) is 12.6. The molecule has 0 fully saturated rings. The predicted octanol–water partition coefficient (Wildman–Crippen LogP) is 2.77. The topological polar surface area (TPSA) is 46.5 Å². The van der Waals surface area contributed by atoms with Crippen LogP contribution in [0.3, 0.4) is 0 Å². The van der Waals surface area contributed by atoms with E-state index in [9.17, 15) is 9.90 Å². The van der Waals surface area contributed by atoms with Crippen molar-refractivity contribution in [1.82, 2.24) is 0 Å². The van der Waals surface area contributed by atoms with Gasteiger partial charge in [0.25, 0.3) is 0 Å². The predicted molar refractivity (Wildman–Crippen MR) is 81.9 cm³/mol. The number of carbonyl (C=O) groups is 1. The molecule has 2 atom stereocenters. The lowest BCUT2D eigenvalue weighted by molar-refractivity contribution is -0.121. The molecule has 1 spiro atoms. The molecule has 108 valence electrons. The summed E-state index contributed by atoms with van der Waals surface area (Å²) in [5.74, 6) is 0.738. The van der Waals surface area contributed by atoms with Crippen molar-refractivity contribution in [2.75, 3.05) is 13.7 Å². The Morgan fingerprint density at radius 3 is 2.67 bits per heavy atom. The molecule has 1 N–H and O–H groups in total. The number of aliphatic hydroxyl groups excluding tert-OH is 1. The largest absolute Gasteiger partial charge is 0.497 e. The standard InChI is InChI=1S/C18H18O3/c1-21-15-8-5-13(6-9-15)16-10-7-14(12-19)18(16)11-3-2-4-17(18)20/h2-6,8-11,14,19H,7,12H2,1H3/t14-,18+/m1/s1. The molecule has 0 bridgehead atoms. The van der Waals surface area contributed by atoms with E-state index in [0.29, 0.717) is 6.42 Å². The molecule has 0 saturated carbocycles. The number of carbonyl (C=O) groups excluding carboxylic acids is 1. The minimum Gasteiger partial charge on any atom is -0.497 e. The van der Waals surface area contributed by atoms with Crippen LogP contribution in [0, 0.1) is 11.3 Å². The average molecular weight is 282 g/mol. The third kappa shape index (κ3) is 2.05. The van der Waals surface area contributed by atoms with Crippen LogP contribution in [0.2, 0.25) is 0 Å². The lowest BCUT2D eigenvalue weighted by Crippen LogP contribution is -2.37. The number of hydrogen-bond acceptors (Lipinski definition) is 3. The van der Waals surface area contributed by atoms with Crippen LogP contribution in [0.1, 0.15) is 12.0 Å². The monoisotopic (exact) mass is 282 g/mol. The zero-order valence-electron chi connectivity index (χ0n) is 12.0. The number of ether oxygens (including phenoxy) is 1. The third-order valence-corrected chi connectivity index (χ3v) is 4.44. The van der Waals surface area contributed by atoms with E-state index < -0.39 is 5.41 Å². The van der Waals surface area contributed by atoms with E-state index in [2.05, 4.69) is 6.08 Å². The Balaban J connectivity index is 2.06. The Morgan fingerprint density at radius 1 is 1.29 bits per heavy atom. The van der Waals surface area contributed by atoms with Crippen LogP contribution in [-0.2, 0) is 4.79 Å². The van der Waals surface area contributed by atoms with Gasteiger partial charge in [-0.15, -0.1) is 0 Å². The summed E-state index contributed by atoms with van der Waals surface area (Å²) in [7, 11) is 1.63. The van der Waals surface area contributed by atoms with Gasteiger partial charge in [0.2, 0.25) is 0 Å². The van der Waals surface area contributed by atoms with Gasteiger partial charge >= 0.3 is 0 Å². The van der Waals surface area contributed by atoms with Gasteiger partial charge in [0.1, 0.15) is 5.75 Å². The Kier molecular flexibility index (Phi) is 3.52. The van der Waals surface area contributed by atoms with Gasteiger partial charge in [-0.1, -0.05) is 36.4 Å². The summed E-state index contributed by atoms with van der Waals surface area (Å²) in [6.45, 7) is 0.0000741. The summed E-state index contributed by atoms with van der Waals surface area (Å²) in [6, 6.07) is 7.71. The molecule has 0 amide bonds. The molecular formula is C18H18O3. The van der Waals surface area contributed by atoms with E-state index in [-0.39, 0.29) is 18.3 Å². The van der Waals surface area contributed by atoms with Gasteiger partial charge in [0.05, 0.1) is 12.5 Å². The van der Waals surface area contributed by atoms with E-state index in [0.717, 1.165) is 16.9 Å². The van der Waals surface area contributed by atoms with Crippen molar-refractivity contribution in [3.8, 4) is 5.75 Å². The van der Waals surface area contributed by atoms with Gasteiger partial charge < -0.3 is 9.84 Å². The maximum Gasteiger partial charge on any atom is 0.170 e. The van der Waals surface area contributed by atoms with Gasteiger partial charge in [-0.05, 0) is 35.8 Å². The number of benzene rings is 1. The number of rotatable bonds is 3. The van der Waals surface area contributed by atoms with E-state index in [1.807, 2.05) is 36.4 Å². The SMILES string of the molecule is COc1ccc(C2=CC[C@H](CO)[C@@]23C=CC=CC3=O)cc1. The molecule has 1 aromatic rings. The van der Waals surface area contributed by atoms with Crippen LogP contribution in [0.25, 0.3) is 5.57 Å².